The van der Waals surface area contributed by atoms with Gasteiger partial charge >= 0.3 is 6.03 Å². The van der Waals surface area contributed by atoms with Crippen LogP contribution in [0.3, 0.4) is 0 Å². The first-order chi connectivity index (χ1) is 14.9. The van der Waals surface area contributed by atoms with Crippen molar-refractivity contribution in [2.75, 3.05) is 19.0 Å². The van der Waals surface area contributed by atoms with Crippen LogP contribution in [0.2, 0.25) is 0 Å². The van der Waals surface area contributed by atoms with Crippen LogP contribution in [0.4, 0.5) is 10.5 Å². The second kappa shape index (κ2) is 10.0. The number of hydrazine groups is 1. The van der Waals surface area contributed by atoms with E-state index in [1.165, 1.54) is 12.6 Å². The Hall–Kier alpha value is -3.50. The fourth-order valence-electron chi connectivity index (χ4n) is 3.27. The lowest BCUT2D eigenvalue weighted by atomic mass is 10.0. The Kier molecular flexibility index (Phi) is 7.16. The zero-order valence-corrected chi connectivity index (χ0v) is 18.1. The number of amides is 2. The molecule has 1 aliphatic carbocycles. The average molecular weight is 421 g/mol. The topological polar surface area (TPSA) is 89.2 Å². The maximum absolute atomic E-state index is 12.1. The smallest absolute Gasteiger partial charge is 0.335 e. The number of ether oxygens (including phenoxy) is 1. The minimum absolute atomic E-state index is 0.136. The molecule has 1 aliphatic rings. The molecule has 31 heavy (non-hydrogen) atoms. The molecule has 0 spiro atoms. The lowest BCUT2D eigenvalue weighted by Crippen LogP contribution is -2.37. The molecular formula is C24H28N4O3. The third kappa shape index (κ3) is 5.77. The van der Waals surface area contributed by atoms with Crippen LogP contribution in [0.25, 0.3) is 0 Å². The number of hydrogen-bond acceptors (Lipinski definition) is 5. The zero-order chi connectivity index (χ0) is 22.4. The number of hydrogen-bond donors (Lipinski definition) is 2. The number of nitrogens with zero attached hydrogens (tertiary/aromatic N) is 2. The van der Waals surface area contributed by atoms with Gasteiger partial charge in [-0.05, 0) is 73.6 Å². The van der Waals surface area contributed by atoms with Crippen molar-refractivity contribution in [1.82, 2.24) is 5.01 Å². The molecule has 3 rings (SSSR count). The van der Waals surface area contributed by atoms with Gasteiger partial charge in [0, 0.05) is 18.3 Å². The average Bonchev–Trinajstić information content (AvgIpc) is 3.58. The molecule has 1 fully saturated rings. The van der Waals surface area contributed by atoms with E-state index in [1.54, 1.807) is 0 Å². The van der Waals surface area contributed by atoms with E-state index in [0.717, 1.165) is 51.7 Å². The van der Waals surface area contributed by atoms with E-state index in [0.29, 0.717) is 12.5 Å². The van der Waals surface area contributed by atoms with Gasteiger partial charge < -0.3 is 14.9 Å². The fourth-order valence-corrected chi connectivity index (χ4v) is 3.27. The van der Waals surface area contributed by atoms with E-state index in [4.69, 9.17) is 21.8 Å². The van der Waals surface area contributed by atoms with Gasteiger partial charge in [0.2, 0.25) is 0 Å². The van der Waals surface area contributed by atoms with Gasteiger partial charge in [0.25, 0.3) is 0 Å². The molecule has 1 saturated carbocycles. The molecule has 0 bridgehead atoms. The largest absolute Gasteiger partial charge is 0.489 e. The van der Waals surface area contributed by atoms with Crippen LogP contribution in [0.1, 0.15) is 47.9 Å². The van der Waals surface area contributed by atoms with Crippen LogP contribution in [0.15, 0.2) is 41.6 Å². The molecule has 2 aromatic carbocycles. The summed E-state index contributed by atoms with van der Waals surface area (Å²) in [6.45, 7) is 4.32. The van der Waals surface area contributed by atoms with Crippen molar-refractivity contribution in [1.29, 1.82) is 0 Å². The molecule has 2 aromatic rings. The Morgan fingerprint density at radius 2 is 2.13 bits per heavy atom. The standard InChI is InChI=1S/C24H28N4O3/c1-5-13-31-27-17(3)19-11-12-23(16(2)14-19)30-15-21-20(18-9-10-18)7-6-8-22(21)26-24(29)28(4)25/h1,6-8,11-12,14,18H,9-10,13,15,25H2,2-4H3,(H,26,29). The normalized spacial score (nSPS) is 13.3. The summed E-state index contributed by atoms with van der Waals surface area (Å²) < 4.78 is 6.16. The predicted octanol–water partition coefficient (Wildman–Crippen LogP) is 4.16. The van der Waals surface area contributed by atoms with E-state index >= 15 is 0 Å². The van der Waals surface area contributed by atoms with E-state index in [1.807, 2.05) is 44.2 Å². The van der Waals surface area contributed by atoms with Gasteiger partial charge in [-0.25, -0.2) is 10.6 Å². The number of nitrogens with one attached hydrogen (secondary N) is 1. The molecule has 0 heterocycles. The lowest BCUT2D eigenvalue weighted by molar-refractivity contribution is 0.180. The molecular weight excluding hydrogens is 392 g/mol. The highest BCUT2D eigenvalue weighted by molar-refractivity contribution is 5.98. The van der Waals surface area contributed by atoms with Gasteiger partial charge in [-0.2, -0.15) is 0 Å². The molecule has 3 N–H and O–H groups in total. The number of anilines is 1. The van der Waals surface area contributed by atoms with Gasteiger partial charge in [-0.1, -0.05) is 23.2 Å². The summed E-state index contributed by atoms with van der Waals surface area (Å²) in [6.07, 6.45) is 7.47. The molecule has 0 aromatic heterocycles. The third-order valence-corrected chi connectivity index (χ3v) is 5.11. The Morgan fingerprint density at radius 3 is 2.77 bits per heavy atom. The lowest BCUT2D eigenvalue weighted by Gasteiger charge is -2.19. The molecule has 0 aliphatic heterocycles. The first kappa shape index (κ1) is 22.2. The van der Waals surface area contributed by atoms with Crippen molar-refractivity contribution in [3.63, 3.8) is 0 Å². The molecule has 0 radical (unpaired) electrons. The minimum atomic E-state index is -0.378. The van der Waals surface area contributed by atoms with E-state index in [2.05, 4.69) is 22.5 Å². The Bertz CT molecular complexity index is 1020. The molecule has 7 nitrogen and oxygen atoms in total. The maximum atomic E-state index is 12.1. The number of benzene rings is 2. The first-order valence-corrected chi connectivity index (χ1v) is 10.2. The van der Waals surface area contributed by atoms with Crippen molar-refractivity contribution < 1.29 is 14.4 Å². The Labute approximate surface area is 183 Å². The summed E-state index contributed by atoms with van der Waals surface area (Å²) in [5.41, 5.74) is 5.54. The fraction of sp³-hybridized carbons (Fsp3) is 0.333. The zero-order valence-electron chi connectivity index (χ0n) is 18.1. The molecule has 0 atom stereocenters. The second-order valence-corrected chi connectivity index (χ2v) is 7.61. The van der Waals surface area contributed by atoms with Crippen molar-refractivity contribution in [3.05, 3.63) is 58.7 Å². The van der Waals surface area contributed by atoms with Crippen LogP contribution in [0, 0.1) is 19.3 Å². The van der Waals surface area contributed by atoms with E-state index in [-0.39, 0.29) is 12.6 Å². The SMILES string of the molecule is C#CCON=C(C)c1ccc(OCc2c(NC(=O)N(C)N)cccc2C2CC2)c(C)c1. The summed E-state index contributed by atoms with van der Waals surface area (Å²) >= 11 is 0. The van der Waals surface area contributed by atoms with Crippen molar-refractivity contribution in [3.8, 4) is 18.1 Å². The molecule has 0 unspecified atom stereocenters. The number of nitrogens with two attached hydrogens (primary N) is 1. The third-order valence-electron chi connectivity index (χ3n) is 5.11. The van der Waals surface area contributed by atoms with Crippen LogP contribution in [-0.4, -0.2) is 30.4 Å². The molecule has 7 heteroatoms. The molecule has 2 amide bonds. The number of oxime groups is 1. The quantitative estimate of drug-likeness (QED) is 0.168. The molecule has 0 saturated heterocycles. The van der Waals surface area contributed by atoms with Crippen molar-refractivity contribution in [2.45, 2.75) is 39.2 Å². The maximum Gasteiger partial charge on any atom is 0.335 e. The van der Waals surface area contributed by atoms with Gasteiger partial charge in [-0.15, -0.1) is 6.42 Å². The predicted molar refractivity (Wildman–Crippen MR) is 122 cm³/mol. The van der Waals surface area contributed by atoms with E-state index in [9.17, 15) is 4.79 Å². The summed E-state index contributed by atoms with van der Waals surface area (Å²) in [7, 11) is 1.50. The van der Waals surface area contributed by atoms with E-state index < -0.39 is 0 Å². The number of aryl methyl sites for hydroxylation is 1. The van der Waals surface area contributed by atoms with Crippen molar-refractivity contribution in [2.24, 2.45) is 11.0 Å². The number of carbonyl (C=O) groups is 1. The van der Waals surface area contributed by atoms with Crippen molar-refractivity contribution >= 4 is 17.4 Å². The van der Waals surface area contributed by atoms with Crippen LogP contribution in [-0.2, 0) is 11.4 Å². The summed E-state index contributed by atoms with van der Waals surface area (Å²) in [5.74, 6) is 9.22. The summed E-state index contributed by atoms with van der Waals surface area (Å²) in [6, 6.07) is 11.4. The number of rotatable bonds is 8. The highest BCUT2D eigenvalue weighted by Gasteiger charge is 2.27. The van der Waals surface area contributed by atoms with Gasteiger partial charge in [0.05, 0.1) is 5.71 Å². The van der Waals surface area contributed by atoms with Gasteiger partial charge in [0.15, 0.2) is 6.61 Å². The Balaban J connectivity index is 1.78. The van der Waals surface area contributed by atoms with Gasteiger partial charge in [0.1, 0.15) is 12.4 Å². The Morgan fingerprint density at radius 1 is 1.35 bits per heavy atom. The number of terminal acetylenes is 1. The highest BCUT2D eigenvalue weighted by atomic mass is 16.6. The molecule has 162 valence electrons. The number of urea groups is 1. The van der Waals surface area contributed by atoms with Crippen LogP contribution < -0.4 is 15.9 Å². The van der Waals surface area contributed by atoms with Gasteiger partial charge in [-0.3, -0.25) is 5.01 Å². The minimum Gasteiger partial charge on any atom is -0.489 e. The van der Waals surface area contributed by atoms with Crippen LogP contribution >= 0.6 is 0 Å². The summed E-state index contributed by atoms with van der Waals surface area (Å²) in [4.78, 5) is 17.2. The van der Waals surface area contributed by atoms with Crippen LogP contribution in [0.5, 0.6) is 5.75 Å². The highest BCUT2D eigenvalue weighted by Crippen LogP contribution is 2.43. The monoisotopic (exact) mass is 420 g/mol. The number of carbonyl (C=O) groups excluding carboxylic acids is 1. The first-order valence-electron chi connectivity index (χ1n) is 10.2. The summed E-state index contributed by atoms with van der Waals surface area (Å²) in [5, 5.41) is 7.91. The second-order valence-electron chi connectivity index (χ2n) is 7.61.